The molecule has 0 radical (unpaired) electrons. The third-order valence-corrected chi connectivity index (χ3v) is 2.88. The molecule has 1 aromatic heterocycles. The summed E-state index contributed by atoms with van der Waals surface area (Å²) < 4.78 is 1.90. The lowest BCUT2D eigenvalue weighted by Gasteiger charge is -2.10. The maximum atomic E-state index is 5.67. The van der Waals surface area contributed by atoms with E-state index in [0.29, 0.717) is 4.99 Å². The minimum Gasteiger partial charge on any atom is -0.389 e. The molecule has 0 saturated carbocycles. The van der Waals surface area contributed by atoms with Gasteiger partial charge in [-0.25, -0.2) is 0 Å². The van der Waals surface area contributed by atoms with E-state index in [0.717, 1.165) is 30.0 Å². The fourth-order valence-corrected chi connectivity index (χ4v) is 1.87. The van der Waals surface area contributed by atoms with E-state index in [9.17, 15) is 0 Å². The van der Waals surface area contributed by atoms with Gasteiger partial charge in [0.2, 0.25) is 0 Å². The van der Waals surface area contributed by atoms with Crippen molar-refractivity contribution in [2.24, 2.45) is 12.8 Å². The van der Waals surface area contributed by atoms with Crippen LogP contribution >= 0.6 is 12.2 Å². The Hall–Kier alpha value is -1.95. The number of hydrogen-bond acceptors (Lipinski definition) is 4. The maximum absolute atomic E-state index is 5.67. The fraction of sp³-hybridized carbons (Fsp3) is 0.250. The van der Waals surface area contributed by atoms with Crippen LogP contribution in [0, 0.1) is 0 Å². The molecule has 94 valence electrons. The average Bonchev–Trinajstić information content (AvgIpc) is 2.76. The first-order chi connectivity index (χ1) is 8.68. The molecule has 6 heteroatoms. The smallest absolute Gasteiger partial charge is 0.134 e. The highest BCUT2D eigenvalue weighted by Gasteiger charge is 2.04. The van der Waals surface area contributed by atoms with E-state index >= 15 is 0 Å². The van der Waals surface area contributed by atoms with E-state index in [4.69, 9.17) is 18.0 Å². The van der Waals surface area contributed by atoms with Crippen molar-refractivity contribution >= 4 is 22.9 Å². The quantitative estimate of drug-likeness (QED) is 0.789. The van der Waals surface area contributed by atoms with Crippen molar-refractivity contribution in [3.63, 3.8) is 0 Å². The van der Waals surface area contributed by atoms with E-state index in [1.807, 2.05) is 35.9 Å². The van der Waals surface area contributed by atoms with Crippen molar-refractivity contribution in [3.8, 4) is 0 Å². The van der Waals surface area contributed by atoms with E-state index < -0.39 is 0 Å². The number of benzene rings is 1. The summed E-state index contributed by atoms with van der Waals surface area (Å²) in [4.78, 5) is 0.400. The number of nitrogens with two attached hydrogens (primary N) is 1. The Morgan fingerprint density at radius 1 is 1.44 bits per heavy atom. The summed E-state index contributed by atoms with van der Waals surface area (Å²) in [6.45, 7) is 0.756. The predicted octanol–water partition coefficient (Wildman–Crippen LogP) is 1.10. The minimum absolute atomic E-state index is 0.400. The molecule has 0 aliphatic heterocycles. The average molecular weight is 261 g/mol. The molecule has 1 aromatic carbocycles. The van der Waals surface area contributed by atoms with E-state index in [1.54, 1.807) is 6.33 Å². The molecule has 0 spiro atoms. The molecule has 1 heterocycles. The number of para-hydroxylation sites is 1. The Balaban J connectivity index is 1.99. The maximum Gasteiger partial charge on any atom is 0.134 e. The van der Waals surface area contributed by atoms with Crippen molar-refractivity contribution in [2.75, 3.05) is 11.9 Å². The second-order valence-electron chi connectivity index (χ2n) is 3.94. The molecule has 0 unspecified atom stereocenters. The lowest BCUT2D eigenvalue weighted by atomic mass is 10.1. The number of rotatable bonds is 5. The van der Waals surface area contributed by atoms with Crippen molar-refractivity contribution in [3.05, 3.63) is 42.0 Å². The Labute approximate surface area is 111 Å². The first-order valence-corrected chi connectivity index (χ1v) is 6.05. The molecule has 0 aliphatic rings. The number of nitrogens with one attached hydrogen (secondary N) is 1. The van der Waals surface area contributed by atoms with Gasteiger partial charge in [-0.15, -0.1) is 10.2 Å². The molecule has 5 nitrogen and oxygen atoms in total. The Kier molecular flexibility index (Phi) is 3.88. The zero-order chi connectivity index (χ0) is 13.0. The van der Waals surface area contributed by atoms with E-state index in [2.05, 4.69) is 15.5 Å². The van der Waals surface area contributed by atoms with Gasteiger partial charge in [0, 0.05) is 31.3 Å². The third-order valence-electron chi connectivity index (χ3n) is 2.66. The topological polar surface area (TPSA) is 68.8 Å². The highest BCUT2D eigenvalue weighted by atomic mass is 32.1. The number of hydrogen-bond donors (Lipinski definition) is 2. The second-order valence-corrected chi connectivity index (χ2v) is 4.38. The molecule has 0 bridgehead atoms. The van der Waals surface area contributed by atoms with Gasteiger partial charge in [-0.3, -0.25) is 0 Å². The number of nitrogens with zero attached hydrogens (tertiary/aromatic N) is 3. The number of thiocarbonyl (C=S) groups is 1. The van der Waals surface area contributed by atoms with Gasteiger partial charge >= 0.3 is 0 Å². The van der Waals surface area contributed by atoms with E-state index in [1.165, 1.54) is 0 Å². The van der Waals surface area contributed by atoms with Gasteiger partial charge in [0.15, 0.2) is 0 Å². The van der Waals surface area contributed by atoms with Crippen LogP contribution in [0.15, 0.2) is 30.6 Å². The molecule has 0 atom stereocenters. The highest BCUT2D eigenvalue weighted by Crippen LogP contribution is 2.14. The highest BCUT2D eigenvalue weighted by molar-refractivity contribution is 7.80. The number of aromatic nitrogens is 3. The Bertz CT molecular complexity index is 549. The Morgan fingerprint density at radius 2 is 2.22 bits per heavy atom. The minimum atomic E-state index is 0.400. The summed E-state index contributed by atoms with van der Waals surface area (Å²) in [6.07, 6.45) is 2.49. The van der Waals surface area contributed by atoms with Gasteiger partial charge in [0.05, 0.1) is 0 Å². The van der Waals surface area contributed by atoms with Crippen LogP contribution in [-0.2, 0) is 13.5 Å². The molecule has 18 heavy (non-hydrogen) atoms. The first kappa shape index (κ1) is 12.5. The standard InChI is InChI=1S/C12H15N5S/c1-17-8-15-16-11(17)6-7-14-10-5-3-2-4-9(10)12(13)18/h2-5,8,14H,6-7H2,1H3,(H2,13,18). The van der Waals surface area contributed by atoms with Gasteiger partial charge in [-0.1, -0.05) is 24.4 Å². The fourth-order valence-electron chi connectivity index (χ4n) is 1.69. The van der Waals surface area contributed by atoms with Gasteiger partial charge in [-0.05, 0) is 12.1 Å². The molecule has 0 saturated heterocycles. The van der Waals surface area contributed by atoms with Crippen molar-refractivity contribution < 1.29 is 0 Å². The summed E-state index contributed by atoms with van der Waals surface area (Å²) in [7, 11) is 1.93. The van der Waals surface area contributed by atoms with E-state index in [-0.39, 0.29) is 0 Å². The summed E-state index contributed by atoms with van der Waals surface area (Å²) in [6, 6.07) is 7.74. The summed E-state index contributed by atoms with van der Waals surface area (Å²) in [5, 5.41) is 11.2. The van der Waals surface area contributed by atoms with Crippen LogP contribution < -0.4 is 11.1 Å². The summed E-state index contributed by atoms with van der Waals surface area (Å²) in [5.74, 6) is 0.940. The molecule has 3 N–H and O–H groups in total. The lowest BCUT2D eigenvalue weighted by molar-refractivity contribution is 0.788. The van der Waals surface area contributed by atoms with Crippen molar-refractivity contribution in [2.45, 2.75) is 6.42 Å². The normalized spacial score (nSPS) is 10.3. The first-order valence-electron chi connectivity index (χ1n) is 5.64. The molecule has 2 aromatic rings. The van der Waals surface area contributed by atoms with Crippen molar-refractivity contribution in [1.82, 2.24) is 14.8 Å². The number of aryl methyl sites for hydroxylation is 1. The lowest BCUT2D eigenvalue weighted by Crippen LogP contribution is -2.15. The van der Waals surface area contributed by atoms with Crippen LogP contribution in [0.2, 0.25) is 0 Å². The second kappa shape index (κ2) is 5.59. The zero-order valence-electron chi connectivity index (χ0n) is 10.1. The molecule has 2 rings (SSSR count). The predicted molar refractivity (Wildman–Crippen MR) is 75.5 cm³/mol. The van der Waals surface area contributed by atoms with Crippen LogP contribution in [0.1, 0.15) is 11.4 Å². The summed E-state index contributed by atoms with van der Waals surface area (Å²) in [5.41, 5.74) is 7.49. The van der Waals surface area contributed by atoms with Gasteiger partial charge in [-0.2, -0.15) is 0 Å². The van der Waals surface area contributed by atoms with Crippen LogP contribution in [0.5, 0.6) is 0 Å². The van der Waals surface area contributed by atoms with Crippen LogP contribution in [0.25, 0.3) is 0 Å². The van der Waals surface area contributed by atoms with Crippen molar-refractivity contribution in [1.29, 1.82) is 0 Å². The van der Waals surface area contributed by atoms with Crippen LogP contribution in [-0.4, -0.2) is 26.3 Å². The monoisotopic (exact) mass is 261 g/mol. The SMILES string of the molecule is Cn1cnnc1CCNc1ccccc1C(N)=S. The van der Waals surface area contributed by atoms with Gasteiger partial charge in [0.25, 0.3) is 0 Å². The largest absolute Gasteiger partial charge is 0.389 e. The zero-order valence-corrected chi connectivity index (χ0v) is 10.9. The Morgan fingerprint density at radius 3 is 2.89 bits per heavy atom. The number of anilines is 1. The molecule has 0 fully saturated rings. The van der Waals surface area contributed by atoms with Gasteiger partial charge < -0.3 is 15.6 Å². The van der Waals surface area contributed by atoms with Gasteiger partial charge in [0.1, 0.15) is 17.1 Å². The molecule has 0 aliphatic carbocycles. The molecular weight excluding hydrogens is 246 g/mol. The molecule has 0 amide bonds. The third kappa shape index (κ3) is 2.84. The van der Waals surface area contributed by atoms with Crippen LogP contribution in [0.4, 0.5) is 5.69 Å². The molecular formula is C12H15N5S. The summed E-state index contributed by atoms with van der Waals surface area (Å²) >= 11 is 5.01. The van der Waals surface area contributed by atoms with Crippen LogP contribution in [0.3, 0.4) is 0 Å².